The topological polar surface area (TPSA) is 54.3 Å². The zero-order valence-corrected chi connectivity index (χ0v) is 10.5. The van der Waals surface area contributed by atoms with Gasteiger partial charge in [-0.05, 0) is 53.9 Å². The fraction of sp³-hybridized carbons (Fsp3) is 0.545. The molecule has 0 bridgehead atoms. The van der Waals surface area contributed by atoms with Crippen LogP contribution >= 0.6 is 15.9 Å². The number of nitrogens with one attached hydrogen (secondary N) is 2. The molecular weight excluding hydrogens is 272 g/mol. The Morgan fingerprint density at radius 2 is 2.50 bits per heavy atom. The van der Waals surface area contributed by atoms with E-state index in [0.29, 0.717) is 23.0 Å². The second-order valence-electron chi connectivity index (χ2n) is 3.94. The summed E-state index contributed by atoms with van der Waals surface area (Å²) in [6, 6.07) is 3.93. The van der Waals surface area contributed by atoms with Crippen LogP contribution in [0.15, 0.2) is 21.2 Å². The minimum atomic E-state index is -0.149. The van der Waals surface area contributed by atoms with E-state index in [1.807, 2.05) is 0 Å². The third-order valence-corrected chi connectivity index (χ3v) is 3.16. The summed E-state index contributed by atoms with van der Waals surface area (Å²) >= 11 is 3.17. The number of halogens is 1. The molecule has 5 heteroatoms. The zero-order valence-electron chi connectivity index (χ0n) is 8.96. The van der Waals surface area contributed by atoms with Crippen molar-refractivity contribution in [1.29, 1.82) is 0 Å². The Morgan fingerprint density at radius 3 is 3.12 bits per heavy atom. The predicted molar refractivity (Wildman–Crippen MR) is 64.4 cm³/mol. The molecule has 1 atom stereocenters. The van der Waals surface area contributed by atoms with Gasteiger partial charge < -0.3 is 15.1 Å². The van der Waals surface area contributed by atoms with Crippen molar-refractivity contribution in [3.63, 3.8) is 0 Å². The van der Waals surface area contributed by atoms with E-state index in [1.165, 1.54) is 12.8 Å². The second-order valence-corrected chi connectivity index (χ2v) is 4.72. The van der Waals surface area contributed by atoms with E-state index in [0.717, 1.165) is 13.0 Å². The van der Waals surface area contributed by atoms with Gasteiger partial charge in [-0.25, -0.2) is 0 Å². The van der Waals surface area contributed by atoms with Gasteiger partial charge in [0, 0.05) is 12.6 Å². The summed E-state index contributed by atoms with van der Waals surface area (Å²) in [5, 5.41) is 6.24. The van der Waals surface area contributed by atoms with Crippen LogP contribution in [-0.2, 0) is 0 Å². The van der Waals surface area contributed by atoms with Gasteiger partial charge in [0.1, 0.15) is 0 Å². The lowest BCUT2D eigenvalue weighted by atomic mass is 10.1. The van der Waals surface area contributed by atoms with E-state index in [9.17, 15) is 4.79 Å². The van der Waals surface area contributed by atoms with Crippen molar-refractivity contribution in [3.05, 3.63) is 22.6 Å². The number of amides is 1. The molecule has 0 saturated carbocycles. The Morgan fingerprint density at radius 1 is 1.62 bits per heavy atom. The maximum Gasteiger partial charge on any atom is 0.287 e. The van der Waals surface area contributed by atoms with E-state index in [-0.39, 0.29) is 5.91 Å². The van der Waals surface area contributed by atoms with Crippen LogP contribution in [0.3, 0.4) is 0 Å². The zero-order chi connectivity index (χ0) is 11.4. The molecular formula is C11H15BrN2O2. The molecule has 4 nitrogen and oxygen atoms in total. The van der Waals surface area contributed by atoms with Crippen molar-refractivity contribution in [2.75, 3.05) is 13.1 Å². The molecule has 1 fully saturated rings. The molecule has 2 heterocycles. The molecule has 0 radical (unpaired) electrons. The predicted octanol–water partition coefficient (Wildman–Crippen LogP) is 1.91. The fourth-order valence-electron chi connectivity index (χ4n) is 1.89. The van der Waals surface area contributed by atoms with Crippen LogP contribution in [-0.4, -0.2) is 25.0 Å². The van der Waals surface area contributed by atoms with Gasteiger partial charge in [0.25, 0.3) is 5.91 Å². The third-order valence-electron chi connectivity index (χ3n) is 2.74. The largest absolute Gasteiger partial charge is 0.444 e. The van der Waals surface area contributed by atoms with Crippen LogP contribution in [0.5, 0.6) is 0 Å². The van der Waals surface area contributed by atoms with Gasteiger partial charge >= 0.3 is 0 Å². The molecule has 1 aromatic heterocycles. The summed E-state index contributed by atoms with van der Waals surface area (Å²) in [5.41, 5.74) is 0. The molecule has 1 aliphatic heterocycles. The van der Waals surface area contributed by atoms with Crippen molar-refractivity contribution in [2.24, 2.45) is 0 Å². The lowest BCUT2D eigenvalue weighted by Gasteiger charge is -2.09. The van der Waals surface area contributed by atoms with Crippen molar-refractivity contribution in [1.82, 2.24) is 10.6 Å². The maximum absolute atomic E-state index is 11.6. The molecule has 1 saturated heterocycles. The van der Waals surface area contributed by atoms with Crippen LogP contribution in [0.2, 0.25) is 0 Å². The highest BCUT2D eigenvalue weighted by molar-refractivity contribution is 9.10. The molecule has 2 rings (SSSR count). The van der Waals surface area contributed by atoms with E-state index >= 15 is 0 Å². The summed E-state index contributed by atoms with van der Waals surface area (Å²) in [6.07, 6.45) is 3.43. The Bertz CT molecular complexity index is 359. The van der Waals surface area contributed by atoms with Crippen LogP contribution in [0, 0.1) is 0 Å². The number of carbonyl (C=O) groups excluding carboxylic acids is 1. The van der Waals surface area contributed by atoms with Gasteiger partial charge in [-0.2, -0.15) is 0 Å². The van der Waals surface area contributed by atoms with Crippen LogP contribution in [0.1, 0.15) is 29.8 Å². The van der Waals surface area contributed by atoms with Crippen LogP contribution < -0.4 is 10.6 Å². The molecule has 1 unspecified atom stereocenters. The summed E-state index contributed by atoms with van der Waals surface area (Å²) in [5.74, 6) is 0.204. The van der Waals surface area contributed by atoms with E-state index in [1.54, 1.807) is 12.1 Å². The van der Waals surface area contributed by atoms with Crippen molar-refractivity contribution in [2.45, 2.75) is 25.3 Å². The number of furan rings is 1. The average Bonchev–Trinajstić information content (AvgIpc) is 2.89. The lowest BCUT2D eigenvalue weighted by molar-refractivity contribution is 0.0923. The second kappa shape index (κ2) is 5.50. The quantitative estimate of drug-likeness (QED) is 0.889. The van der Waals surface area contributed by atoms with Gasteiger partial charge in [-0.15, -0.1) is 0 Å². The molecule has 0 spiro atoms. The summed E-state index contributed by atoms with van der Waals surface area (Å²) in [6.45, 7) is 1.79. The summed E-state index contributed by atoms with van der Waals surface area (Å²) in [4.78, 5) is 11.6. The highest BCUT2D eigenvalue weighted by Crippen LogP contribution is 2.14. The molecule has 2 N–H and O–H groups in total. The molecule has 88 valence electrons. The van der Waals surface area contributed by atoms with E-state index < -0.39 is 0 Å². The van der Waals surface area contributed by atoms with Gasteiger partial charge in [-0.1, -0.05) is 0 Å². The number of hydrogen-bond acceptors (Lipinski definition) is 3. The fourth-order valence-corrected chi connectivity index (χ4v) is 2.19. The minimum absolute atomic E-state index is 0.149. The van der Waals surface area contributed by atoms with Crippen molar-refractivity contribution >= 4 is 21.8 Å². The number of carbonyl (C=O) groups is 1. The van der Waals surface area contributed by atoms with Crippen molar-refractivity contribution in [3.8, 4) is 0 Å². The Balaban J connectivity index is 1.71. The molecule has 16 heavy (non-hydrogen) atoms. The number of rotatable bonds is 4. The highest BCUT2D eigenvalue weighted by Gasteiger charge is 2.14. The first-order valence-electron chi connectivity index (χ1n) is 5.52. The lowest BCUT2D eigenvalue weighted by Crippen LogP contribution is -2.30. The molecule has 1 amide bonds. The normalized spacial score (nSPS) is 19.9. The SMILES string of the molecule is O=C(NCCC1CCCN1)c1ccc(Br)o1. The molecule has 0 aliphatic carbocycles. The molecule has 1 aliphatic rings. The first-order chi connectivity index (χ1) is 7.75. The van der Waals surface area contributed by atoms with Crippen LogP contribution in [0.4, 0.5) is 0 Å². The van der Waals surface area contributed by atoms with Gasteiger partial charge in [0.15, 0.2) is 10.4 Å². The van der Waals surface area contributed by atoms with Gasteiger partial charge in [0.05, 0.1) is 0 Å². The highest BCUT2D eigenvalue weighted by atomic mass is 79.9. The third kappa shape index (κ3) is 3.09. The molecule has 0 aromatic carbocycles. The Kier molecular flexibility index (Phi) is 4.01. The monoisotopic (exact) mass is 286 g/mol. The van der Waals surface area contributed by atoms with Gasteiger partial charge in [-0.3, -0.25) is 4.79 Å². The van der Waals surface area contributed by atoms with Gasteiger partial charge in [0.2, 0.25) is 0 Å². The Hall–Kier alpha value is -0.810. The smallest absolute Gasteiger partial charge is 0.287 e. The first kappa shape index (κ1) is 11.7. The molecule has 1 aromatic rings. The summed E-state index contributed by atoms with van der Waals surface area (Å²) < 4.78 is 5.74. The van der Waals surface area contributed by atoms with Crippen LogP contribution in [0.25, 0.3) is 0 Å². The first-order valence-corrected chi connectivity index (χ1v) is 6.32. The average molecular weight is 287 g/mol. The standard InChI is InChI=1S/C11H15BrN2O2/c12-10-4-3-9(16-10)11(15)14-7-5-8-2-1-6-13-8/h3-4,8,13H,1-2,5-7H2,(H,14,15). The Labute approximate surface area is 103 Å². The van der Waals surface area contributed by atoms with Crippen molar-refractivity contribution < 1.29 is 9.21 Å². The summed E-state index contributed by atoms with van der Waals surface area (Å²) in [7, 11) is 0. The maximum atomic E-state index is 11.6. The van der Waals surface area contributed by atoms with E-state index in [2.05, 4.69) is 26.6 Å². The minimum Gasteiger partial charge on any atom is -0.444 e. The van der Waals surface area contributed by atoms with E-state index in [4.69, 9.17) is 4.42 Å². The number of hydrogen-bond donors (Lipinski definition) is 2.